The van der Waals surface area contributed by atoms with Crippen molar-refractivity contribution in [3.8, 4) is 0 Å². The first-order valence-electron chi connectivity index (χ1n) is 10.7. The molecule has 2 aromatic rings. The molecule has 1 amide bonds. The molecule has 0 aromatic heterocycles. The fourth-order valence-electron chi connectivity index (χ4n) is 4.24. The third-order valence-electron chi connectivity index (χ3n) is 5.90. The summed E-state index contributed by atoms with van der Waals surface area (Å²) in [6.07, 6.45) is 4.78. The molecule has 7 heteroatoms. The van der Waals surface area contributed by atoms with E-state index < -0.39 is 10.0 Å². The van der Waals surface area contributed by atoms with Crippen LogP contribution < -0.4 is 5.32 Å². The van der Waals surface area contributed by atoms with Crippen LogP contribution in [0.15, 0.2) is 59.5 Å². The normalized spacial score (nSPS) is 20.7. The summed E-state index contributed by atoms with van der Waals surface area (Å²) in [5.41, 5.74) is 1.48. The maximum absolute atomic E-state index is 13.1. The molecule has 6 nitrogen and oxygen atoms in total. The van der Waals surface area contributed by atoms with Crippen molar-refractivity contribution in [2.75, 3.05) is 31.5 Å². The van der Waals surface area contributed by atoms with Crippen LogP contribution in [-0.4, -0.2) is 55.8 Å². The van der Waals surface area contributed by atoms with Crippen molar-refractivity contribution >= 4 is 21.6 Å². The first-order chi connectivity index (χ1) is 14.5. The van der Waals surface area contributed by atoms with E-state index in [0.717, 1.165) is 37.8 Å². The maximum atomic E-state index is 13.1. The SMILES string of the molecule is O=C(c1cccc(S(=O)(=O)N2CCCCCC2)c1)N1CCC(Nc2ccccc2)C1. The number of nitrogens with one attached hydrogen (secondary N) is 1. The predicted molar refractivity (Wildman–Crippen MR) is 118 cm³/mol. The Morgan fingerprint density at radius 3 is 2.37 bits per heavy atom. The van der Waals surface area contributed by atoms with Gasteiger partial charge in [0, 0.05) is 43.5 Å². The second-order valence-electron chi connectivity index (χ2n) is 8.09. The maximum Gasteiger partial charge on any atom is 0.253 e. The molecule has 0 saturated carbocycles. The summed E-state index contributed by atoms with van der Waals surface area (Å²) in [7, 11) is -3.57. The van der Waals surface area contributed by atoms with Crippen molar-refractivity contribution in [1.82, 2.24) is 9.21 Å². The van der Waals surface area contributed by atoms with Crippen molar-refractivity contribution in [1.29, 1.82) is 0 Å². The monoisotopic (exact) mass is 427 g/mol. The summed E-state index contributed by atoms with van der Waals surface area (Å²) in [5, 5.41) is 3.47. The Balaban J connectivity index is 1.45. The van der Waals surface area contributed by atoms with E-state index in [9.17, 15) is 13.2 Å². The molecular formula is C23H29N3O3S. The minimum Gasteiger partial charge on any atom is -0.380 e. The molecule has 0 aliphatic carbocycles. The number of sulfonamides is 1. The van der Waals surface area contributed by atoms with E-state index in [1.807, 2.05) is 30.3 Å². The van der Waals surface area contributed by atoms with E-state index in [-0.39, 0.29) is 16.8 Å². The van der Waals surface area contributed by atoms with Gasteiger partial charge in [0.25, 0.3) is 5.91 Å². The second kappa shape index (κ2) is 9.18. The Kier molecular flexibility index (Phi) is 6.39. The molecule has 2 aliphatic rings. The number of nitrogens with zero attached hydrogens (tertiary/aromatic N) is 2. The van der Waals surface area contributed by atoms with Gasteiger partial charge in [-0.3, -0.25) is 4.79 Å². The number of para-hydroxylation sites is 1. The van der Waals surface area contributed by atoms with E-state index in [4.69, 9.17) is 0 Å². The van der Waals surface area contributed by atoms with Gasteiger partial charge >= 0.3 is 0 Å². The Bertz CT molecular complexity index is 970. The number of rotatable bonds is 5. The highest BCUT2D eigenvalue weighted by molar-refractivity contribution is 7.89. The molecule has 2 saturated heterocycles. The van der Waals surface area contributed by atoms with Gasteiger partial charge in [0.05, 0.1) is 4.90 Å². The highest BCUT2D eigenvalue weighted by atomic mass is 32.2. The average molecular weight is 428 g/mol. The largest absolute Gasteiger partial charge is 0.380 e. The Morgan fingerprint density at radius 2 is 1.63 bits per heavy atom. The summed E-state index contributed by atoms with van der Waals surface area (Å²) >= 11 is 0. The van der Waals surface area contributed by atoms with Crippen LogP contribution in [0.5, 0.6) is 0 Å². The molecule has 30 heavy (non-hydrogen) atoms. The zero-order chi connectivity index (χ0) is 21.0. The number of carbonyl (C=O) groups is 1. The quantitative estimate of drug-likeness (QED) is 0.792. The molecule has 160 valence electrons. The van der Waals surface area contributed by atoms with Crippen molar-refractivity contribution in [2.24, 2.45) is 0 Å². The molecule has 1 atom stereocenters. The van der Waals surface area contributed by atoms with Gasteiger partial charge in [-0.25, -0.2) is 8.42 Å². The first-order valence-corrected chi connectivity index (χ1v) is 12.2. The number of hydrogen-bond donors (Lipinski definition) is 1. The first kappa shape index (κ1) is 20.9. The lowest BCUT2D eigenvalue weighted by Crippen LogP contribution is -2.33. The Morgan fingerprint density at radius 1 is 0.900 bits per heavy atom. The lowest BCUT2D eigenvalue weighted by atomic mass is 10.2. The number of benzene rings is 2. The number of likely N-dealkylation sites (tertiary alicyclic amines) is 1. The van der Waals surface area contributed by atoms with Crippen LogP contribution in [0, 0.1) is 0 Å². The van der Waals surface area contributed by atoms with E-state index in [2.05, 4.69) is 5.32 Å². The lowest BCUT2D eigenvalue weighted by molar-refractivity contribution is 0.0791. The van der Waals surface area contributed by atoms with Crippen LogP contribution in [0.25, 0.3) is 0 Å². The van der Waals surface area contributed by atoms with Crippen molar-refractivity contribution < 1.29 is 13.2 Å². The van der Waals surface area contributed by atoms with Crippen molar-refractivity contribution in [2.45, 2.75) is 43.0 Å². The smallest absolute Gasteiger partial charge is 0.253 e. The number of hydrogen-bond acceptors (Lipinski definition) is 4. The second-order valence-corrected chi connectivity index (χ2v) is 10.0. The third-order valence-corrected chi connectivity index (χ3v) is 7.80. The zero-order valence-corrected chi connectivity index (χ0v) is 18.0. The van der Waals surface area contributed by atoms with Crippen LogP contribution in [0.4, 0.5) is 5.69 Å². The van der Waals surface area contributed by atoms with Gasteiger partial charge in [0.15, 0.2) is 0 Å². The summed E-state index contributed by atoms with van der Waals surface area (Å²) < 4.78 is 27.7. The van der Waals surface area contributed by atoms with Gasteiger partial charge in [-0.1, -0.05) is 37.1 Å². The third kappa shape index (κ3) is 4.68. The number of amides is 1. The van der Waals surface area contributed by atoms with E-state index in [1.165, 1.54) is 0 Å². The van der Waals surface area contributed by atoms with Crippen LogP contribution in [0.1, 0.15) is 42.5 Å². The van der Waals surface area contributed by atoms with Crippen molar-refractivity contribution in [3.05, 3.63) is 60.2 Å². The average Bonchev–Trinajstić information content (AvgIpc) is 3.05. The summed E-state index contributed by atoms with van der Waals surface area (Å²) in [4.78, 5) is 15.1. The molecule has 0 radical (unpaired) electrons. The minimum atomic E-state index is -3.57. The van der Waals surface area contributed by atoms with Crippen LogP contribution in [-0.2, 0) is 10.0 Å². The van der Waals surface area contributed by atoms with E-state index >= 15 is 0 Å². The molecule has 0 bridgehead atoms. The van der Waals surface area contributed by atoms with Gasteiger partial charge in [0.1, 0.15) is 0 Å². The van der Waals surface area contributed by atoms with E-state index in [1.54, 1.807) is 33.5 Å². The highest BCUT2D eigenvalue weighted by Crippen LogP contribution is 2.23. The van der Waals surface area contributed by atoms with Crippen LogP contribution in [0.3, 0.4) is 0 Å². The zero-order valence-electron chi connectivity index (χ0n) is 17.2. The predicted octanol–water partition coefficient (Wildman–Crippen LogP) is 3.58. The van der Waals surface area contributed by atoms with Gasteiger partial charge < -0.3 is 10.2 Å². The molecule has 2 aromatic carbocycles. The molecule has 1 unspecified atom stereocenters. The molecule has 0 spiro atoms. The molecule has 4 rings (SSSR count). The van der Waals surface area contributed by atoms with Crippen molar-refractivity contribution in [3.63, 3.8) is 0 Å². The fourth-order valence-corrected chi connectivity index (χ4v) is 5.80. The Hall–Kier alpha value is -2.38. The summed E-state index contributed by atoms with van der Waals surface area (Å²) in [5.74, 6) is -0.111. The number of carbonyl (C=O) groups excluding carboxylic acids is 1. The number of anilines is 1. The van der Waals surface area contributed by atoms with Crippen LogP contribution in [0.2, 0.25) is 0 Å². The molecule has 2 fully saturated rings. The molecular weight excluding hydrogens is 398 g/mol. The highest BCUT2D eigenvalue weighted by Gasteiger charge is 2.29. The fraction of sp³-hybridized carbons (Fsp3) is 0.435. The van der Waals surface area contributed by atoms with Gasteiger partial charge in [-0.2, -0.15) is 4.31 Å². The lowest BCUT2D eigenvalue weighted by Gasteiger charge is -2.21. The molecule has 1 N–H and O–H groups in total. The van der Waals surface area contributed by atoms with E-state index in [0.29, 0.717) is 31.7 Å². The van der Waals surface area contributed by atoms with Gasteiger partial charge in [0.2, 0.25) is 10.0 Å². The van der Waals surface area contributed by atoms with Gasteiger partial charge in [-0.15, -0.1) is 0 Å². The minimum absolute atomic E-state index is 0.111. The topological polar surface area (TPSA) is 69.7 Å². The van der Waals surface area contributed by atoms with Crippen LogP contribution >= 0.6 is 0 Å². The Labute approximate surface area is 178 Å². The summed E-state index contributed by atoms with van der Waals surface area (Å²) in [6, 6.07) is 16.7. The molecule has 2 heterocycles. The van der Waals surface area contributed by atoms with Gasteiger partial charge in [-0.05, 0) is 49.6 Å². The summed E-state index contributed by atoms with van der Waals surface area (Å²) in [6.45, 7) is 2.38. The molecule has 2 aliphatic heterocycles. The standard InChI is InChI=1S/C23H29N3O3S/c27-23(25-16-13-21(18-25)24-20-10-4-3-5-11-20)19-9-8-12-22(17-19)30(28,29)26-14-6-1-2-7-15-26/h3-5,8-12,17,21,24H,1-2,6-7,13-16,18H2.